The minimum Gasteiger partial charge on any atom is -0.452 e. The number of carbonyl (C=O) groups is 3. The molecular weight excluding hydrogens is 423 g/mol. The third-order valence-electron chi connectivity index (χ3n) is 5.89. The molecule has 6 nitrogen and oxygen atoms in total. The number of nitrogens with zero attached hydrogens (tertiary/aromatic N) is 1. The number of halogens is 1. The van der Waals surface area contributed by atoms with Crippen LogP contribution >= 0.6 is 0 Å². The van der Waals surface area contributed by atoms with Crippen LogP contribution in [-0.2, 0) is 14.3 Å². The first-order valence-corrected chi connectivity index (χ1v) is 11.5. The van der Waals surface area contributed by atoms with Crippen LogP contribution in [0.5, 0.6) is 0 Å². The van der Waals surface area contributed by atoms with E-state index in [1.54, 1.807) is 11.8 Å². The topological polar surface area (TPSA) is 75.7 Å². The van der Waals surface area contributed by atoms with E-state index in [9.17, 15) is 18.8 Å². The molecule has 2 aromatic rings. The molecule has 1 N–H and O–H groups in total. The molecule has 1 fully saturated rings. The first kappa shape index (κ1) is 24.4. The summed E-state index contributed by atoms with van der Waals surface area (Å²) in [6.45, 7) is 4.34. The summed E-state index contributed by atoms with van der Waals surface area (Å²) >= 11 is 0. The van der Waals surface area contributed by atoms with Gasteiger partial charge in [0.1, 0.15) is 5.82 Å². The number of carbonyl (C=O) groups excluding carboxylic acids is 3. The Kier molecular flexibility index (Phi) is 8.58. The van der Waals surface area contributed by atoms with Crippen LogP contribution in [0.25, 0.3) is 0 Å². The number of hydrogen-bond acceptors (Lipinski definition) is 4. The highest BCUT2D eigenvalue weighted by molar-refractivity contribution is 5.94. The van der Waals surface area contributed by atoms with Gasteiger partial charge in [-0.2, -0.15) is 0 Å². The Morgan fingerprint density at radius 2 is 1.82 bits per heavy atom. The van der Waals surface area contributed by atoms with Gasteiger partial charge in [0.2, 0.25) is 0 Å². The van der Waals surface area contributed by atoms with E-state index < -0.39 is 23.8 Å². The first-order chi connectivity index (χ1) is 15.9. The molecule has 0 radical (unpaired) electrons. The number of hydrogen-bond donors (Lipinski definition) is 1. The van der Waals surface area contributed by atoms with Crippen LogP contribution in [0.15, 0.2) is 54.6 Å². The van der Waals surface area contributed by atoms with Gasteiger partial charge in [0.15, 0.2) is 6.10 Å². The molecular formula is C26H31FN2O4. The van der Waals surface area contributed by atoms with Crippen molar-refractivity contribution in [3.8, 4) is 0 Å². The lowest BCUT2D eigenvalue weighted by Gasteiger charge is -2.32. The van der Waals surface area contributed by atoms with Crippen molar-refractivity contribution in [3.63, 3.8) is 0 Å². The third-order valence-corrected chi connectivity index (χ3v) is 5.89. The van der Waals surface area contributed by atoms with E-state index in [2.05, 4.69) is 5.32 Å². The van der Waals surface area contributed by atoms with Gasteiger partial charge in [-0.15, -0.1) is 0 Å². The molecule has 0 spiro atoms. The zero-order valence-corrected chi connectivity index (χ0v) is 19.1. The molecule has 1 heterocycles. The summed E-state index contributed by atoms with van der Waals surface area (Å²) in [5.41, 5.74) is 1.38. The Hall–Kier alpha value is -3.22. The average molecular weight is 455 g/mol. The predicted octanol–water partition coefficient (Wildman–Crippen LogP) is 4.27. The second-order valence-corrected chi connectivity index (χ2v) is 8.44. The van der Waals surface area contributed by atoms with Gasteiger partial charge in [0, 0.05) is 18.7 Å². The highest BCUT2D eigenvalue weighted by atomic mass is 19.1. The molecule has 176 valence electrons. The van der Waals surface area contributed by atoms with Crippen molar-refractivity contribution < 1.29 is 23.5 Å². The molecule has 1 aliphatic rings. The Bertz CT molecular complexity index is 949. The summed E-state index contributed by atoms with van der Waals surface area (Å²) in [6.07, 6.45) is 1.97. The van der Waals surface area contributed by atoms with E-state index in [0.29, 0.717) is 24.9 Å². The van der Waals surface area contributed by atoms with E-state index in [-0.39, 0.29) is 24.4 Å². The largest absolute Gasteiger partial charge is 0.452 e. The summed E-state index contributed by atoms with van der Waals surface area (Å²) in [6, 6.07) is 14.9. The van der Waals surface area contributed by atoms with Gasteiger partial charge in [-0.05, 0) is 56.0 Å². The molecule has 33 heavy (non-hydrogen) atoms. The maximum Gasteiger partial charge on any atom is 0.311 e. The van der Waals surface area contributed by atoms with Crippen molar-refractivity contribution in [3.05, 3.63) is 71.5 Å². The zero-order chi connectivity index (χ0) is 23.8. The van der Waals surface area contributed by atoms with Crippen LogP contribution in [0.4, 0.5) is 4.39 Å². The van der Waals surface area contributed by atoms with Crippen LogP contribution in [0, 0.1) is 11.7 Å². The van der Waals surface area contributed by atoms with Crippen molar-refractivity contribution in [1.29, 1.82) is 0 Å². The fourth-order valence-electron chi connectivity index (χ4n) is 4.04. The Balaban J connectivity index is 1.56. The van der Waals surface area contributed by atoms with E-state index in [4.69, 9.17) is 4.74 Å². The molecule has 0 aromatic heterocycles. The van der Waals surface area contributed by atoms with Crippen LogP contribution in [0.2, 0.25) is 0 Å². The average Bonchev–Trinajstić information content (AvgIpc) is 2.84. The third kappa shape index (κ3) is 6.63. The SMILES string of the molecule is CCCC(NC(=O)C(C)OC(=O)C1CCCN(C(=O)c2ccc(F)cc2)C1)c1ccccc1. The number of amides is 2. The monoisotopic (exact) mass is 454 g/mol. The second-order valence-electron chi connectivity index (χ2n) is 8.44. The van der Waals surface area contributed by atoms with Crippen LogP contribution < -0.4 is 5.32 Å². The standard InChI is InChI=1S/C26H31FN2O4/c1-3-8-23(19-9-5-4-6-10-19)28-24(30)18(2)33-26(32)21-11-7-16-29(17-21)25(31)20-12-14-22(27)15-13-20/h4-6,9-10,12-15,18,21,23H,3,7-8,11,16-17H2,1-2H3,(H,28,30). The number of nitrogens with one attached hydrogen (secondary N) is 1. The summed E-state index contributed by atoms with van der Waals surface area (Å²) in [5, 5.41) is 2.98. The van der Waals surface area contributed by atoms with Crippen LogP contribution in [0.3, 0.4) is 0 Å². The number of benzene rings is 2. The van der Waals surface area contributed by atoms with Gasteiger partial charge < -0.3 is 15.0 Å². The lowest BCUT2D eigenvalue weighted by molar-refractivity contribution is -0.160. The molecule has 0 bridgehead atoms. The Morgan fingerprint density at radius 1 is 1.12 bits per heavy atom. The van der Waals surface area contributed by atoms with Crippen LogP contribution in [-0.4, -0.2) is 41.9 Å². The van der Waals surface area contributed by atoms with Crippen molar-refractivity contribution in [1.82, 2.24) is 10.2 Å². The van der Waals surface area contributed by atoms with Crippen molar-refractivity contribution in [2.24, 2.45) is 5.92 Å². The first-order valence-electron chi connectivity index (χ1n) is 11.5. The number of likely N-dealkylation sites (tertiary alicyclic amines) is 1. The van der Waals surface area contributed by atoms with Crippen molar-refractivity contribution in [2.45, 2.75) is 51.7 Å². The maximum atomic E-state index is 13.1. The summed E-state index contributed by atoms with van der Waals surface area (Å²) in [7, 11) is 0. The summed E-state index contributed by atoms with van der Waals surface area (Å²) in [5.74, 6) is -1.99. The van der Waals surface area contributed by atoms with Crippen LogP contribution in [0.1, 0.15) is 61.5 Å². The smallest absolute Gasteiger partial charge is 0.311 e. The Labute approximate surface area is 194 Å². The normalized spacial score (nSPS) is 17.7. The highest BCUT2D eigenvalue weighted by Gasteiger charge is 2.32. The summed E-state index contributed by atoms with van der Waals surface area (Å²) in [4.78, 5) is 39.8. The number of piperidine rings is 1. The lowest BCUT2D eigenvalue weighted by atomic mass is 9.97. The molecule has 3 rings (SSSR count). The predicted molar refractivity (Wildman–Crippen MR) is 123 cm³/mol. The number of rotatable bonds is 8. The van der Waals surface area contributed by atoms with E-state index in [0.717, 1.165) is 18.4 Å². The molecule has 3 unspecified atom stereocenters. The van der Waals surface area contributed by atoms with Gasteiger partial charge in [-0.1, -0.05) is 43.7 Å². The molecule has 0 saturated carbocycles. The van der Waals surface area contributed by atoms with Gasteiger partial charge in [-0.25, -0.2) is 4.39 Å². The fourth-order valence-corrected chi connectivity index (χ4v) is 4.04. The van der Waals surface area contributed by atoms with Gasteiger partial charge >= 0.3 is 5.97 Å². The van der Waals surface area contributed by atoms with Gasteiger partial charge in [0.05, 0.1) is 12.0 Å². The second kappa shape index (κ2) is 11.6. The minimum atomic E-state index is -0.941. The van der Waals surface area contributed by atoms with Crippen molar-refractivity contribution >= 4 is 17.8 Å². The molecule has 1 saturated heterocycles. The highest BCUT2D eigenvalue weighted by Crippen LogP contribution is 2.22. The molecule has 2 aromatic carbocycles. The van der Waals surface area contributed by atoms with E-state index >= 15 is 0 Å². The molecule has 3 atom stereocenters. The fraction of sp³-hybridized carbons (Fsp3) is 0.423. The maximum absolute atomic E-state index is 13.1. The zero-order valence-electron chi connectivity index (χ0n) is 19.1. The van der Waals surface area contributed by atoms with Crippen molar-refractivity contribution in [2.75, 3.05) is 13.1 Å². The number of ether oxygens (including phenoxy) is 1. The molecule has 1 aliphatic heterocycles. The van der Waals surface area contributed by atoms with Gasteiger partial charge in [-0.3, -0.25) is 14.4 Å². The quantitative estimate of drug-likeness (QED) is 0.605. The van der Waals surface area contributed by atoms with Gasteiger partial charge in [0.25, 0.3) is 11.8 Å². The van der Waals surface area contributed by atoms with E-state index in [1.807, 2.05) is 37.3 Å². The molecule has 0 aliphatic carbocycles. The summed E-state index contributed by atoms with van der Waals surface area (Å²) < 4.78 is 18.6. The molecule has 2 amide bonds. The lowest BCUT2D eigenvalue weighted by Crippen LogP contribution is -2.44. The Morgan fingerprint density at radius 3 is 2.48 bits per heavy atom. The number of esters is 1. The minimum absolute atomic E-state index is 0.150. The van der Waals surface area contributed by atoms with E-state index in [1.165, 1.54) is 24.3 Å². The molecule has 7 heteroatoms.